The van der Waals surface area contributed by atoms with E-state index in [2.05, 4.69) is 18.4 Å². The minimum absolute atomic E-state index is 0.378. The normalized spacial score (nSPS) is 12.8. The molecule has 0 aromatic carbocycles. The molecule has 15 heavy (non-hydrogen) atoms. The van der Waals surface area contributed by atoms with Gasteiger partial charge in [-0.25, -0.2) is 4.79 Å². The van der Waals surface area contributed by atoms with Crippen LogP contribution in [0.15, 0.2) is 6.07 Å². The molecule has 1 aromatic rings. The predicted molar refractivity (Wildman–Crippen MR) is 60.5 cm³/mol. The van der Waals surface area contributed by atoms with Gasteiger partial charge in [0.1, 0.15) is 0 Å². The van der Waals surface area contributed by atoms with Crippen molar-refractivity contribution in [3.8, 4) is 0 Å². The topological polar surface area (TPSA) is 42.2 Å². The van der Waals surface area contributed by atoms with Gasteiger partial charge in [-0.15, -0.1) is 0 Å². The summed E-state index contributed by atoms with van der Waals surface area (Å²) in [5.74, 6) is -0.835. The fraction of sp³-hybridized carbons (Fsp3) is 0.583. The molecular weight excluding hydrogens is 190 g/mol. The Morgan fingerprint density at radius 2 is 2.13 bits per heavy atom. The van der Waals surface area contributed by atoms with Crippen LogP contribution in [0, 0.1) is 13.8 Å². The van der Waals surface area contributed by atoms with E-state index in [1.807, 2.05) is 13.8 Å². The van der Waals surface area contributed by atoms with E-state index in [0.717, 1.165) is 24.2 Å². The number of aromatic carboxylic acids is 1. The number of carboxylic acids is 1. The Morgan fingerprint density at radius 3 is 2.53 bits per heavy atom. The van der Waals surface area contributed by atoms with Gasteiger partial charge in [0, 0.05) is 17.4 Å². The predicted octanol–water partition coefficient (Wildman–Crippen LogP) is 3.16. The van der Waals surface area contributed by atoms with Crippen LogP contribution in [0.3, 0.4) is 0 Å². The van der Waals surface area contributed by atoms with Crippen molar-refractivity contribution in [2.75, 3.05) is 0 Å². The summed E-state index contributed by atoms with van der Waals surface area (Å²) in [5.41, 5.74) is 2.32. The molecule has 0 aliphatic heterocycles. The zero-order valence-corrected chi connectivity index (χ0v) is 9.87. The fourth-order valence-corrected chi connectivity index (χ4v) is 2.22. The van der Waals surface area contributed by atoms with E-state index in [1.54, 1.807) is 6.07 Å². The van der Waals surface area contributed by atoms with Gasteiger partial charge in [0.05, 0.1) is 5.56 Å². The molecule has 3 heteroatoms. The number of carbonyl (C=O) groups is 1. The summed E-state index contributed by atoms with van der Waals surface area (Å²) in [6.45, 7) is 8.12. The van der Waals surface area contributed by atoms with Crippen LogP contribution in [0.4, 0.5) is 0 Å². The zero-order valence-electron chi connectivity index (χ0n) is 9.87. The summed E-state index contributed by atoms with van der Waals surface area (Å²) in [5, 5.41) is 9.00. The Morgan fingerprint density at radius 1 is 1.53 bits per heavy atom. The van der Waals surface area contributed by atoms with Crippen LogP contribution in [-0.2, 0) is 0 Å². The molecule has 0 fully saturated rings. The van der Waals surface area contributed by atoms with Crippen molar-refractivity contribution in [1.82, 2.24) is 4.57 Å². The highest BCUT2D eigenvalue weighted by Gasteiger charge is 2.17. The molecule has 1 unspecified atom stereocenters. The molecule has 0 amide bonds. The van der Waals surface area contributed by atoms with Crippen molar-refractivity contribution < 1.29 is 9.90 Å². The number of rotatable bonds is 4. The zero-order chi connectivity index (χ0) is 11.6. The lowest BCUT2D eigenvalue weighted by atomic mass is 10.2. The van der Waals surface area contributed by atoms with Crippen LogP contribution < -0.4 is 0 Å². The van der Waals surface area contributed by atoms with Crippen molar-refractivity contribution >= 4 is 5.97 Å². The number of aryl methyl sites for hydroxylation is 1. The molecule has 84 valence electrons. The van der Waals surface area contributed by atoms with Crippen LogP contribution in [0.25, 0.3) is 0 Å². The van der Waals surface area contributed by atoms with Gasteiger partial charge in [0.2, 0.25) is 0 Å². The summed E-state index contributed by atoms with van der Waals surface area (Å²) in [6.07, 6.45) is 2.19. The van der Waals surface area contributed by atoms with Crippen LogP contribution in [0.5, 0.6) is 0 Å². The Hall–Kier alpha value is -1.25. The van der Waals surface area contributed by atoms with Gasteiger partial charge in [0.25, 0.3) is 0 Å². The van der Waals surface area contributed by atoms with E-state index in [-0.39, 0.29) is 0 Å². The highest BCUT2D eigenvalue weighted by molar-refractivity contribution is 5.89. The number of hydrogen-bond donors (Lipinski definition) is 1. The molecule has 0 bridgehead atoms. The quantitative estimate of drug-likeness (QED) is 0.827. The Labute approximate surface area is 90.7 Å². The summed E-state index contributed by atoms with van der Waals surface area (Å²) < 4.78 is 2.12. The number of carboxylic acid groups (broad SMARTS) is 1. The molecule has 1 N–H and O–H groups in total. The minimum atomic E-state index is -0.835. The van der Waals surface area contributed by atoms with Crippen molar-refractivity contribution in [3.05, 3.63) is 23.0 Å². The second kappa shape index (κ2) is 4.51. The summed E-state index contributed by atoms with van der Waals surface area (Å²) in [4.78, 5) is 11.0. The molecular formula is C12H19NO2. The third-order valence-electron chi connectivity index (χ3n) is 2.86. The van der Waals surface area contributed by atoms with Crippen molar-refractivity contribution in [2.24, 2.45) is 0 Å². The van der Waals surface area contributed by atoms with E-state index in [9.17, 15) is 4.79 Å². The summed E-state index contributed by atoms with van der Waals surface area (Å²) in [6, 6.07) is 2.13. The van der Waals surface area contributed by atoms with Crippen LogP contribution in [0.1, 0.15) is 54.5 Å². The molecule has 3 nitrogen and oxygen atoms in total. The van der Waals surface area contributed by atoms with Gasteiger partial charge in [-0.3, -0.25) is 0 Å². The van der Waals surface area contributed by atoms with E-state index in [0.29, 0.717) is 11.6 Å². The molecule has 1 heterocycles. The molecule has 1 rings (SSSR count). The fourth-order valence-electron chi connectivity index (χ4n) is 2.22. The minimum Gasteiger partial charge on any atom is -0.478 e. The molecule has 1 aromatic heterocycles. The Bertz CT molecular complexity index is 366. The number of hydrogen-bond acceptors (Lipinski definition) is 1. The lowest BCUT2D eigenvalue weighted by Crippen LogP contribution is -2.09. The van der Waals surface area contributed by atoms with Gasteiger partial charge in [-0.05, 0) is 33.3 Å². The van der Waals surface area contributed by atoms with Crippen molar-refractivity contribution in [1.29, 1.82) is 0 Å². The molecule has 0 aliphatic rings. The second-order valence-corrected chi connectivity index (χ2v) is 4.10. The Balaban J connectivity index is 3.13. The summed E-state index contributed by atoms with van der Waals surface area (Å²) in [7, 11) is 0. The molecule has 1 atom stereocenters. The molecule has 0 saturated heterocycles. The highest BCUT2D eigenvalue weighted by Crippen LogP contribution is 2.23. The first kappa shape index (κ1) is 11.8. The first-order chi connectivity index (χ1) is 6.99. The maximum Gasteiger partial charge on any atom is 0.337 e. The maximum atomic E-state index is 11.0. The largest absolute Gasteiger partial charge is 0.478 e. The monoisotopic (exact) mass is 209 g/mol. The third kappa shape index (κ3) is 2.22. The molecule has 0 aliphatic carbocycles. The first-order valence-corrected chi connectivity index (χ1v) is 5.40. The molecule has 0 radical (unpaired) electrons. The van der Waals surface area contributed by atoms with Crippen LogP contribution in [-0.4, -0.2) is 15.6 Å². The highest BCUT2D eigenvalue weighted by atomic mass is 16.4. The lowest BCUT2D eigenvalue weighted by Gasteiger charge is -2.17. The van der Waals surface area contributed by atoms with Crippen molar-refractivity contribution in [2.45, 2.75) is 46.6 Å². The summed E-state index contributed by atoms with van der Waals surface area (Å²) >= 11 is 0. The number of aromatic nitrogens is 1. The van der Waals surface area contributed by atoms with Crippen molar-refractivity contribution in [3.63, 3.8) is 0 Å². The maximum absolute atomic E-state index is 11.0. The smallest absolute Gasteiger partial charge is 0.337 e. The van der Waals surface area contributed by atoms with Crippen LogP contribution >= 0.6 is 0 Å². The standard InChI is InChI=1S/C12H19NO2/c1-5-6-8(2)13-9(3)7-11(10(13)4)12(14)15/h7-8H,5-6H2,1-4H3,(H,14,15). The first-order valence-electron chi connectivity index (χ1n) is 5.40. The number of nitrogens with zero attached hydrogens (tertiary/aromatic N) is 1. The van der Waals surface area contributed by atoms with E-state index >= 15 is 0 Å². The van der Waals surface area contributed by atoms with Gasteiger partial charge >= 0.3 is 5.97 Å². The van der Waals surface area contributed by atoms with Crippen LogP contribution in [0.2, 0.25) is 0 Å². The molecule has 0 spiro atoms. The van der Waals surface area contributed by atoms with Gasteiger partial charge < -0.3 is 9.67 Å². The van der Waals surface area contributed by atoms with E-state index < -0.39 is 5.97 Å². The van der Waals surface area contributed by atoms with E-state index in [1.165, 1.54) is 0 Å². The lowest BCUT2D eigenvalue weighted by molar-refractivity contribution is 0.0696. The van der Waals surface area contributed by atoms with Gasteiger partial charge in [-0.2, -0.15) is 0 Å². The molecule has 0 saturated carbocycles. The Kier molecular flexibility index (Phi) is 3.56. The van der Waals surface area contributed by atoms with Gasteiger partial charge in [0.15, 0.2) is 0 Å². The van der Waals surface area contributed by atoms with Gasteiger partial charge in [-0.1, -0.05) is 13.3 Å². The third-order valence-corrected chi connectivity index (χ3v) is 2.86. The SMILES string of the molecule is CCCC(C)n1c(C)cc(C(=O)O)c1C. The van der Waals surface area contributed by atoms with E-state index in [4.69, 9.17) is 5.11 Å². The average molecular weight is 209 g/mol. The second-order valence-electron chi connectivity index (χ2n) is 4.10. The average Bonchev–Trinajstić information content (AvgIpc) is 2.42.